The van der Waals surface area contributed by atoms with Gasteiger partial charge in [0.05, 0.1) is 11.0 Å². The number of para-hydroxylation sites is 3. The van der Waals surface area contributed by atoms with Crippen LogP contribution in [0.15, 0.2) is 158 Å². The van der Waals surface area contributed by atoms with E-state index < -0.39 is 0 Å². The van der Waals surface area contributed by atoms with Gasteiger partial charge >= 0.3 is 0 Å². The van der Waals surface area contributed by atoms with E-state index in [0.717, 1.165) is 28.1 Å². The van der Waals surface area contributed by atoms with Gasteiger partial charge in [0, 0.05) is 11.3 Å². The van der Waals surface area contributed by atoms with Crippen molar-refractivity contribution in [2.45, 2.75) is 0 Å². The monoisotopic (exact) mass is 546 g/mol. The molecule has 0 atom stereocenters. The fourth-order valence-corrected chi connectivity index (χ4v) is 6.73. The summed E-state index contributed by atoms with van der Waals surface area (Å²) in [4.78, 5) is 5.11. The summed E-state index contributed by atoms with van der Waals surface area (Å²) >= 11 is 0. The van der Waals surface area contributed by atoms with Crippen LogP contribution in [-0.4, -0.2) is 9.55 Å². The van der Waals surface area contributed by atoms with Crippen LogP contribution in [0, 0.1) is 0 Å². The molecule has 0 spiro atoms. The number of hydrogen-bond acceptors (Lipinski definition) is 1. The second kappa shape index (κ2) is 9.40. The molecule has 0 aliphatic heterocycles. The highest BCUT2D eigenvalue weighted by atomic mass is 15.1. The predicted octanol–water partition coefficient (Wildman–Crippen LogP) is 11.0. The van der Waals surface area contributed by atoms with Crippen LogP contribution in [0.5, 0.6) is 0 Å². The molecule has 0 N–H and O–H groups in total. The number of aromatic nitrogens is 2. The van der Waals surface area contributed by atoms with Gasteiger partial charge in [-0.15, -0.1) is 0 Å². The molecule has 0 radical (unpaired) electrons. The van der Waals surface area contributed by atoms with E-state index in [2.05, 4.69) is 162 Å². The molecule has 2 nitrogen and oxygen atoms in total. The molecule has 0 unspecified atom stereocenters. The third-order valence-electron chi connectivity index (χ3n) is 8.73. The van der Waals surface area contributed by atoms with Gasteiger partial charge in [0.15, 0.2) is 0 Å². The van der Waals surface area contributed by atoms with Crippen molar-refractivity contribution in [2.24, 2.45) is 0 Å². The Balaban J connectivity index is 1.27. The maximum Gasteiger partial charge on any atom is 0.145 e. The molecule has 0 bridgehead atoms. The molecule has 0 saturated carbocycles. The molecule has 0 saturated heterocycles. The van der Waals surface area contributed by atoms with Crippen LogP contribution in [0.2, 0.25) is 0 Å². The summed E-state index contributed by atoms with van der Waals surface area (Å²) in [7, 11) is 0. The second-order valence-corrected chi connectivity index (χ2v) is 11.2. The van der Waals surface area contributed by atoms with Crippen LogP contribution >= 0.6 is 0 Å². The zero-order valence-corrected chi connectivity index (χ0v) is 23.4. The van der Waals surface area contributed by atoms with E-state index >= 15 is 0 Å². The molecule has 1 aromatic heterocycles. The summed E-state index contributed by atoms with van der Waals surface area (Å²) in [6.07, 6.45) is 0. The first-order valence-corrected chi connectivity index (χ1v) is 14.7. The highest BCUT2D eigenvalue weighted by molar-refractivity contribution is 6.23. The summed E-state index contributed by atoms with van der Waals surface area (Å²) in [6.45, 7) is 0. The minimum absolute atomic E-state index is 0.950. The summed E-state index contributed by atoms with van der Waals surface area (Å²) in [5.41, 5.74) is 6.82. The Kier molecular flexibility index (Phi) is 5.23. The summed E-state index contributed by atoms with van der Waals surface area (Å²) in [5, 5.41) is 10.1. The van der Waals surface area contributed by atoms with Gasteiger partial charge in [-0.3, -0.25) is 4.57 Å². The third-order valence-corrected chi connectivity index (χ3v) is 8.73. The Morgan fingerprint density at radius 1 is 0.419 bits per heavy atom. The lowest BCUT2D eigenvalue weighted by atomic mass is 9.90. The van der Waals surface area contributed by atoms with Gasteiger partial charge in [-0.05, 0) is 96.7 Å². The molecule has 0 fully saturated rings. The van der Waals surface area contributed by atoms with E-state index in [4.69, 9.17) is 4.98 Å². The smallest absolute Gasteiger partial charge is 0.145 e. The molecule has 0 aliphatic rings. The quantitative estimate of drug-likeness (QED) is 0.202. The number of hydrogen-bond donors (Lipinski definition) is 0. The van der Waals surface area contributed by atoms with Gasteiger partial charge in [-0.2, -0.15) is 0 Å². The first kappa shape index (κ1) is 23.9. The lowest BCUT2D eigenvalue weighted by Gasteiger charge is -2.15. The van der Waals surface area contributed by atoms with Gasteiger partial charge in [0.1, 0.15) is 5.82 Å². The molecule has 1 heterocycles. The fourth-order valence-electron chi connectivity index (χ4n) is 6.73. The second-order valence-electron chi connectivity index (χ2n) is 11.2. The summed E-state index contributed by atoms with van der Waals surface area (Å²) in [6, 6.07) is 56.8. The summed E-state index contributed by atoms with van der Waals surface area (Å²) in [5.74, 6) is 0.950. The van der Waals surface area contributed by atoms with Crippen molar-refractivity contribution in [3.8, 4) is 28.2 Å². The Hall–Kier alpha value is -5.73. The average molecular weight is 547 g/mol. The SMILES string of the molecule is c1ccc(-n2c(-c3ccc4c(ccc5cc(-c6ccc7ccccc7c6)c6ccccc6c54)c3)nc3ccccc32)cc1. The normalized spacial score (nSPS) is 11.7. The summed E-state index contributed by atoms with van der Waals surface area (Å²) < 4.78 is 2.27. The van der Waals surface area contributed by atoms with E-state index in [0.29, 0.717) is 0 Å². The van der Waals surface area contributed by atoms with Crippen molar-refractivity contribution in [2.75, 3.05) is 0 Å². The standard InChI is InChI=1S/C41H26N2/c1-2-12-33(13-3-1)43-39-17-9-8-16-38(39)42-41(43)32-22-23-34-29(25-32)20-21-31-26-37(35-14-6-7-15-36(35)40(31)34)30-19-18-27-10-4-5-11-28(27)24-30/h1-26H. The minimum Gasteiger partial charge on any atom is -0.292 e. The average Bonchev–Trinajstić information content (AvgIpc) is 3.47. The van der Waals surface area contributed by atoms with Gasteiger partial charge in [-0.25, -0.2) is 4.98 Å². The van der Waals surface area contributed by atoms with Crippen LogP contribution < -0.4 is 0 Å². The zero-order chi connectivity index (χ0) is 28.3. The Labute approximate surface area is 249 Å². The van der Waals surface area contributed by atoms with Gasteiger partial charge in [0.25, 0.3) is 0 Å². The van der Waals surface area contributed by atoms with Crippen molar-refractivity contribution >= 4 is 54.1 Å². The molecule has 2 heteroatoms. The number of benzene rings is 8. The topological polar surface area (TPSA) is 17.8 Å². The van der Waals surface area contributed by atoms with E-state index in [9.17, 15) is 0 Å². The minimum atomic E-state index is 0.950. The van der Waals surface area contributed by atoms with E-state index in [-0.39, 0.29) is 0 Å². The largest absolute Gasteiger partial charge is 0.292 e. The van der Waals surface area contributed by atoms with Crippen LogP contribution in [0.3, 0.4) is 0 Å². The molecule has 0 amide bonds. The van der Waals surface area contributed by atoms with E-state index in [1.54, 1.807) is 0 Å². The molecule has 0 aliphatic carbocycles. The van der Waals surface area contributed by atoms with Crippen molar-refractivity contribution in [3.05, 3.63) is 158 Å². The van der Waals surface area contributed by atoms with Gasteiger partial charge in [0.2, 0.25) is 0 Å². The van der Waals surface area contributed by atoms with Crippen LogP contribution in [0.1, 0.15) is 0 Å². The van der Waals surface area contributed by atoms with Crippen molar-refractivity contribution in [3.63, 3.8) is 0 Å². The maximum atomic E-state index is 5.11. The Bertz CT molecular complexity index is 2500. The molecule has 9 rings (SSSR count). The van der Waals surface area contributed by atoms with Crippen molar-refractivity contribution in [1.29, 1.82) is 0 Å². The lowest BCUT2D eigenvalue weighted by molar-refractivity contribution is 1.10. The van der Waals surface area contributed by atoms with Crippen LogP contribution in [-0.2, 0) is 0 Å². The predicted molar refractivity (Wildman–Crippen MR) is 182 cm³/mol. The number of imidazole rings is 1. The van der Waals surface area contributed by atoms with Crippen LogP contribution in [0.4, 0.5) is 0 Å². The van der Waals surface area contributed by atoms with E-state index in [1.165, 1.54) is 54.2 Å². The number of nitrogens with zero attached hydrogens (tertiary/aromatic N) is 2. The molecular weight excluding hydrogens is 520 g/mol. The zero-order valence-electron chi connectivity index (χ0n) is 23.4. The highest BCUT2D eigenvalue weighted by Gasteiger charge is 2.16. The molecule has 43 heavy (non-hydrogen) atoms. The Morgan fingerprint density at radius 2 is 1.09 bits per heavy atom. The van der Waals surface area contributed by atoms with Gasteiger partial charge in [-0.1, -0.05) is 115 Å². The van der Waals surface area contributed by atoms with Gasteiger partial charge < -0.3 is 0 Å². The lowest BCUT2D eigenvalue weighted by Crippen LogP contribution is -1.97. The molecular formula is C41H26N2. The molecule has 9 aromatic rings. The first-order valence-electron chi connectivity index (χ1n) is 14.7. The third kappa shape index (κ3) is 3.77. The maximum absolute atomic E-state index is 5.11. The fraction of sp³-hybridized carbons (Fsp3) is 0. The number of fused-ring (bicyclic) bond motifs is 7. The van der Waals surface area contributed by atoms with Crippen LogP contribution in [0.25, 0.3) is 82.3 Å². The highest BCUT2D eigenvalue weighted by Crippen LogP contribution is 2.40. The van der Waals surface area contributed by atoms with E-state index in [1.807, 2.05) is 0 Å². The first-order chi connectivity index (χ1) is 21.3. The Morgan fingerprint density at radius 3 is 2.00 bits per heavy atom. The number of rotatable bonds is 3. The van der Waals surface area contributed by atoms with Crippen molar-refractivity contribution < 1.29 is 0 Å². The molecule has 200 valence electrons. The van der Waals surface area contributed by atoms with Crippen molar-refractivity contribution in [1.82, 2.24) is 9.55 Å². The molecule has 8 aromatic carbocycles.